The molecule has 0 aromatic rings. The zero-order chi connectivity index (χ0) is 15.7. The Balaban J connectivity index is 0.000000222. The van der Waals surface area contributed by atoms with E-state index >= 15 is 0 Å². The summed E-state index contributed by atoms with van der Waals surface area (Å²) in [5, 5.41) is 0. The van der Waals surface area contributed by atoms with Crippen molar-refractivity contribution in [2.45, 2.75) is 103 Å². The van der Waals surface area contributed by atoms with Gasteiger partial charge in [-0.1, -0.05) is 91.9 Å². The Morgan fingerprint density at radius 2 is 1.05 bits per heavy atom. The van der Waals surface area contributed by atoms with E-state index in [9.17, 15) is 0 Å². The second kappa shape index (κ2) is 11.0. The molecule has 0 unspecified atom stereocenters. The minimum absolute atomic E-state index is 0.798. The van der Waals surface area contributed by atoms with Crippen LogP contribution >= 0.6 is 0 Å². The minimum Gasteiger partial charge on any atom is -0.465 e. The smallest absolute Gasteiger partial charge is 0.167 e. The predicted octanol–water partition coefficient (Wildman–Crippen LogP) is 4.97. The maximum atomic E-state index is 5.55. The molecule has 2 rings (SSSR count). The Labute approximate surface area is 138 Å². The lowest BCUT2D eigenvalue weighted by molar-refractivity contribution is 0.196. The predicted molar refractivity (Wildman–Crippen MR) is 102 cm³/mol. The van der Waals surface area contributed by atoms with Crippen LogP contribution in [0.15, 0.2) is 0 Å². The Morgan fingerprint density at radius 1 is 0.714 bits per heavy atom. The Kier molecular flexibility index (Phi) is 10.2. The Morgan fingerprint density at radius 3 is 1.24 bits per heavy atom. The van der Waals surface area contributed by atoms with Crippen LogP contribution in [0.5, 0.6) is 0 Å². The lowest BCUT2D eigenvalue weighted by Gasteiger charge is -2.32. The van der Waals surface area contributed by atoms with Crippen LogP contribution in [0.2, 0.25) is 11.1 Å². The van der Waals surface area contributed by atoms with Gasteiger partial charge in [-0.15, -0.1) is 0 Å². The Bertz CT molecular complexity index is 220. The van der Waals surface area contributed by atoms with Crippen LogP contribution in [0.1, 0.15) is 91.9 Å². The topological polar surface area (TPSA) is 9.23 Å². The monoisotopic (exact) mass is 328 g/mol. The van der Waals surface area contributed by atoms with Gasteiger partial charge >= 0.3 is 0 Å². The van der Waals surface area contributed by atoms with E-state index in [4.69, 9.17) is 4.12 Å². The van der Waals surface area contributed by atoms with Gasteiger partial charge in [0.05, 0.1) is 0 Å². The molecule has 0 aromatic carbocycles. The number of hydrogen-bond acceptors (Lipinski definition) is 1. The first kappa shape index (κ1) is 19.4. The van der Waals surface area contributed by atoms with Crippen LogP contribution in [0, 0.1) is 11.8 Å². The molecule has 0 aliphatic heterocycles. The third kappa shape index (κ3) is 7.47. The molecule has 2 saturated carbocycles. The molecule has 126 valence electrons. The van der Waals surface area contributed by atoms with Gasteiger partial charge in [-0.05, 0) is 22.9 Å². The summed E-state index contributed by atoms with van der Waals surface area (Å²) in [6.07, 6.45) is 15.4. The van der Waals surface area contributed by atoms with Gasteiger partial charge in [-0.25, -0.2) is 0 Å². The molecule has 1 nitrogen and oxygen atoms in total. The van der Waals surface area contributed by atoms with Gasteiger partial charge in [0.1, 0.15) is 10.5 Å². The molecular weight excluding hydrogens is 288 g/mol. The molecule has 2 fully saturated rings. The molecule has 0 aromatic heterocycles. The second-order valence-electron chi connectivity index (χ2n) is 7.98. The molecule has 0 spiro atoms. The molecule has 21 heavy (non-hydrogen) atoms. The van der Waals surface area contributed by atoms with E-state index in [-0.39, 0.29) is 0 Å². The average Bonchev–Trinajstić information content (AvgIpc) is 2.49. The normalized spacial score (nSPS) is 21.9. The van der Waals surface area contributed by atoms with Crippen LogP contribution in [-0.2, 0) is 4.12 Å². The summed E-state index contributed by atoms with van der Waals surface area (Å²) >= 11 is 0. The van der Waals surface area contributed by atoms with E-state index in [1.54, 1.807) is 25.7 Å². The number of hydrogen-bond donors (Lipinski definition) is 0. The zero-order valence-corrected chi connectivity index (χ0v) is 18.5. The molecule has 0 amide bonds. The molecule has 0 N–H and O–H groups in total. The summed E-state index contributed by atoms with van der Waals surface area (Å²) in [7, 11) is 0.132. The highest BCUT2D eigenvalue weighted by Gasteiger charge is 2.24. The molecule has 0 bridgehead atoms. The van der Waals surface area contributed by atoms with Crippen LogP contribution < -0.4 is 0 Å². The van der Waals surface area contributed by atoms with Gasteiger partial charge in [0.25, 0.3) is 0 Å². The standard InChI is InChI=1S/C12H22.C6H18OSi2/c1-3-7-11(8-4-1)12-9-5-2-6-10-12;1-5(2)9(7-8)6(3)4/h11-12H,1-10H2;5-6,9H,1-4,8H3. The third-order valence-electron chi connectivity index (χ3n) is 5.55. The van der Waals surface area contributed by atoms with Crippen LogP contribution in [-0.4, -0.2) is 19.5 Å². The van der Waals surface area contributed by atoms with Gasteiger partial charge in [0.15, 0.2) is 9.04 Å². The largest absolute Gasteiger partial charge is 0.465 e. The van der Waals surface area contributed by atoms with Crippen molar-refractivity contribution in [3.8, 4) is 0 Å². The van der Waals surface area contributed by atoms with E-state index in [1.165, 1.54) is 38.5 Å². The van der Waals surface area contributed by atoms with E-state index in [1.807, 2.05) is 0 Å². The van der Waals surface area contributed by atoms with Gasteiger partial charge in [-0.2, -0.15) is 0 Å². The molecule has 0 heterocycles. The molecule has 0 atom stereocenters. The molecule has 0 saturated heterocycles. The summed E-state index contributed by atoms with van der Waals surface area (Å²) < 4.78 is 5.55. The maximum Gasteiger partial charge on any atom is 0.167 e. The lowest BCUT2D eigenvalue weighted by atomic mass is 9.73. The van der Waals surface area contributed by atoms with E-state index < -0.39 is 9.04 Å². The fraction of sp³-hybridized carbons (Fsp3) is 1.00. The SMILES string of the molecule is C1CCC(C2CCCCC2)CC1.CC(C)[SiH](O[SiH3])C(C)C. The van der Waals surface area contributed by atoms with Gasteiger partial charge in [-0.3, -0.25) is 0 Å². The van der Waals surface area contributed by atoms with Crippen molar-refractivity contribution in [2.24, 2.45) is 11.8 Å². The summed E-state index contributed by atoms with van der Waals surface area (Å²) in [6.45, 7) is 9.09. The quantitative estimate of drug-likeness (QED) is 0.662. The highest BCUT2D eigenvalue weighted by Crippen LogP contribution is 2.37. The first-order chi connectivity index (χ1) is 10.1. The minimum atomic E-state index is -0.798. The van der Waals surface area contributed by atoms with E-state index in [0.29, 0.717) is 0 Å². The van der Waals surface area contributed by atoms with Crippen LogP contribution in [0.3, 0.4) is 0 Å². The van der Waals surface area contributed by atoms with Crippen molar-refractivity contribution in [2.75, 3.05) is 0 Å². The molecule has 2 aliphatic rings. The Hall–Kier alpha value is 0.394. The van der Waals surface area contributed by atoms with E-state index in [2.05, 4.69) is 27.7 Å². The maximum absolute atomic E-state index is 5.55. The summed E-state index contributed by atoms with van der Waals surface area (Å²) in [6, 6.07) is 0. The van der Waals surface area contributed by atoms with Crippen molar-refractivity contribution in [3.63, 3.8) is 0 Å². The molecule has 2 aliphatic carbocycles. The number of rotatable bonds is 4. The zero-order valence-electron chi connectivity index (χ0n) is 15.4. The van der Waals surface area contributed by atoms with Crippen LogP contribution in [0.25, 0.3) is 0 Å². The summed E-state index contributed by atoms with van der Waals surface area (Å²) in [4.78, 5) is 0. The highest BCUT2D eigenvalue weighted by molar-refractivity contribution is 6.58. The van der Waals surface area contributed by atoms with Gasteiger partial charge in [0.2, 0.25) is 0 Å². The fourth-order valence-corrected chi connectivity index (χ4v) is 10.4. The van der Waals surface area contributed by atoms with Gasteiger partial charge in [0, 0.05) is 0 Å². The summed E-state index contributed by atoms with van der Waals surface area (Å²) in [5.74, 6) is 2.28. The van der Waals surface area contributed by atoms with Crippen molar-refractivity contribution in [1.82, 2.24) is 0 Å². The third-order valence-corrected chi connectivity index (χ3v) is 10.4. The lowest BCUT2D eigenvalue weighted by Crippen LogP contribution is -2.24. The first-order valence-electron chi connectivity index (χ1n) is 9.59. The molecular formula is C18H40OSi2. The van der Waals surface area contributed by atoms with E-state index in [0.717, 1.165) is 33.4 Å². The average molecular weight is 329 g/mol. The fourth-order valence-electron chi connectivity index (χ4n) is 4.53. The highest BCUT2D eigenvalue weighted by atomic mass is 28.3. The van der Waals surface area contributed by atoms with Crippen molar-refractivity contribution < 1.29 is 4.12 Å². The molecule has 0 radical (unpaired) electrons. The van der Waals surface area contributed by atoms with Crippen molar-refractivity contribution >= 4 is 19.5 Å². The second-order valence-corrected chi connectivity index (χ2v) is 13.5. The van der Waals surface area contributed by atoms with Crippen LogP contribution in [0.4, 0.5) is 0 Å². The van der Waals surface area contributed by atoms with Crippen molar-refractivity contribution in [3.05, 3.63) is 0 Å². The summed E-state index contributed by atoms with van der Waals surface area (Å²) in [5.41, 5.74) is 1.62. The van der Waals surface area contributed by atoms with Gasteiger partial charge < -0.3 is 4.12 Å². The first-order valence-corrected chi connectivity index (χ1v) is 12.2. The van der Waals surface area contributed by atoms with Crippen molar-refractivity contribution in [1.29, 1.82) is 0 Å². The molecule has 3 heteroatoms.